The highest BCUT2D eigenvalue weighted by Crippen LogP contribution is 2.16. The third-order valence-corrected chi connectivity index (χ3v) is 5.87. The van der Waals surface area contributed by atoms with E-state index in [1.165, 1.54) is 94.4 Å². The van der Waals surface area contributed by atoms with Gasteiger partial charge in [0.15, 0.2) is 0 Å². The highest BCUT2D eigenvalue weighted by molar-refractivity contribution is 9.11. The summed E-state index contributed by atoms with van der Waals surface area (Å²) in [5.41, 5.74) is 0. The number of unbranched alkanes of at least 4 members (excludes halogenated alkanes) is 14. The fourth-order valence-corrected chi connectivity index (χ4v) is 3.81. The topological polar surface area (TPSA) is 37.3 Å². The van der Waals surface area contributed by atoms with Gasteiger partial charge >= 0.3 is 5.97 Å². The van der Waals surface area contributed by atoms with Crippen molar-refractivity contribution in [2.45, 2.75) is 129 Å². The maximum atomic E-state index is 10.4. The van der Waals surface area contributed by atoms with Crippen molar-refractivity contribution >= 4 is 21.9 Å². The first kappa shape index (κ1) is 27.4. The van der Waals surface area contributed by atoms with E-state index in [2.05, 4.69) is 41.1 Å². The zero-order chi connectivity index (χ0) is 20.7. The lowest BCUT2D eigenvalue weighted by Gasteiger charge is -2.02. The van der Waals surface area contributed by atoms with Gasteiger partial charge in [-0.25, -0.2) is 0 Å². The Bertz CT molecular complexity index is 401. The number of halogens is 1. The second-order valence-electron chi connectivity index (χ2n) is 7.98. The molecule has 0 spiro atoms. The van der Waals surface area contributed by atoms with Gasteiger partial charge < -0.3 is 5.11 Å². The van der Waals surface area contributed by atoms with Crippen LogP contribution in [0.4, 0.5) is 0 Å². The highest BCUT2D eigenvalue weighted by Gasteiger charge is 1.96. The molecule has 0 bridgehead atoms. The van der Waals surface area contributed by atoms with Gasteiger partial charge in [0.1, 0.15) is 0 Å². The van der Waals surface area contributed by atoms with Crippen LogP contribution in [0.3, 0.4) is 0 Å². The zero-order valence-corrected chi connectivity index (χ0v) is 20.0. The van der Waals surface area contributed by atoms with Crippen molar-refractivity contribution in [1.29, 1.82) is 0 Å². The number of carboxylic acid groups (broad SMARTS) is 1. The molecule has 1 N–H and O–H groups in total. The van der Waals surface area contributed by atoms with Crippen LogP contribution in [-0.4, -0.2) is 11.1 Å². The predicted octanol–water partition coefficient (Wildman–Crippen LogP) is 9.34. The van der Waals surface area contributed by atoms with Crippen LogP contribution in [-0.2, 0) is 4.79 Å². The minimum atomic E-state index is -0.708. The molecule has 28 heavy (non-hydrogen) atoms. The van der Waals surface area contributed by atoms with Crippen LogP contribution in [0.25, 0.3) is 0 Å². The monoisotopic (exact) mass is 456 g/mol. The van der Waals surface area contributed by atoms with Gasteiger partial charge in [0.2, 0.25) is 0 Å². The van der Waals surface area contributed by atoms with E-state index in [-0.39, 0.29) is 6.42 Å². The second kappa shape index (κ2) is 22.7. The standard InChI is InChI=1S/C25H45BrO2/c1-2-3-4-5-6-7-8-9-10-11-12-13-14-15-16-17-18-21-24(26)22-19-20-23-25(27)28/h16-17,22H,2-15,18-21,23H2,1H3,(H,27,28)/b17-16-,24-22+. The van der Waals surface area contributed by atoms with Gasteiger partial charge in [0, 0.05) is 6.42 Å². The number of hydrogen-bond donors (Lipinski definition) is 1. The largest absolute Gasteiger partial charge is 0.481 e. The average molecular weight is 458 g/mol. The summed E-state index contributed by atoms with van der Waals surface area (Å²) >= 11 is 3.57. The maximum Gasteiger partial charge on any atom is 0.303 e. The molecule has 0 unspecified atom stereocenters. The molecule has 0 aliphatic heterocycles. The van der Waals surface area contributed by atoms with E-state index in [1.807, 2.05) is 0 Å². The molecule has 0 rings (SSSR count). The SMILES string of the molecule is CCCCCCCCCCCCCCC/C=C\CC/C(Br)=C\CCCC(=O)O. The van der Waals surface area contributed by atoms with E-state index in [1.54, 1.807) is 0 Å². The summed E-state index contributed by atoms with van der Waals surface area (Å²) in [6.07, 6.45) is 30.2. The van der Waals surface area contributed by atoms with Crippen LogP contribution < -0.4 is 0 Å². The first-order valence-electron chi connectivity index (χ1n) is 11.9. The molecule has 0 saturated carbocycles. The third kappa shape index (κ3) is 23.5. The average Bonchev–Trinajstić information content (AvgIpc) is 2.67. The van der Waals surface area contributed by atoms with Gasteiger partial charge in [-0.3, -0.25) is 4.79 Å². The molecule has 0 aromatic heterocycles. The number of rotatable bonds is 21. The Morgan fingerprint density at radius 3 is 1.71 bits per heavy atom. The van der Waals surface area contributed by atoms with Gasteiger partial charge in [0.05, 0.1) is 0 Å². The fourth-order valence-electron chi connectivity index (χ4n) is 3.35. The lowest BCUT2D eigenvalue weighted by molar-refractivity contribution is -0.137. The van der Waals surface area contributed by atoms with E-state index in [9.17, 15) is 4.79 Å². The summed E-state index contributed by atoms with van der Waals surface area (Å²) in [6.45, 7) is 2.28. The molecule has 2 nitrogen and oxygen atoms in total. The fraction of sp³-hybridized carbons (Fsp3) is 0.800. The molecular formula is C25H45BrO2. The van der Waals surface area contributed by atoms with Crippen molar-refractivity contribution < 1.29 is 9.90 Å². The van der Waals surface area contributed by atoms with Crippen LogP contribution in [0.2, 0.25) is 0 Å². The van der Waals surface area contributed by atoms with Crippen molar-refractivity contribution in [3.8, 4) is 0 Å². The summed E-state index contributed by atoms with van der Waals surface area (Å²) < 4.78 is 1.20. The van der Waals surface area contributed by atoms with Crippen LogP contribution in [0, 0.1) is 0 Å². The maximum absolute atomic E-state index is 10.4. The molecule has 3 heteroatoms. The zero-order valence-electron chi connectivity index (χ0n) is 18.4. The molecule has 0 heterocycles. The smallest absolute Gasteiger partial charge is 0.303 e. The van der Waals surface area contributed by atoms with E-state index in [0.29, 0.717) is 0 Å². The summed E-state index contributed by atoms with van der Waals surface area (Å²) in [6, 6.07) is 0. The van der Waals surface area contributed by atoms with Crippen LogP contribution >= 0.6 is 15.9 Å². The van der Waals surface area contributed by atoms with Crippen LogP contribution in [0.1, 0.15) is 129 Å². The van der Waals surface area contributed by atoms with Crippen LogP contribution in [0.15, 0.2) is 22.7 Å². The van der Waals surface area contributed by atoms with Crippen molar-refractivity contribution in [2.24, 2.45) is 0 Å². The summed E-state index contributed by atoms with van der Waals surface area (Å²) in [5, 5.41) is 8.60. The summed E-state index contributed by atoms with van der Waals surface area (Å²) in [5.74, 6) is -0.708. The van der Waals surface area contributed by atoms with Gasteiger partial charge in [-0.05, 0) is 43.0 Å². The first-order valence-corrected chi connectivity index (χ1v) is 12.7. The van der Waals surface area contributed by atoms with Gasteiger partial charge in [-0.2, -0.15) is 0 Å². The highest BCUT2D eigenvalue weighted by atomic mass is 79.9. The number of aliphatic carboxylic acids is 1. The molecule has 0 radical (unpaired) electrons. The lowest BCUT2D eigenvalue weighted by Crippen LogP contribution is -1.92. The molecular weight excluding hydrogens is 412 g/mol. The summed E-state index contributed by atoms with van der Waals surface area (Å²) in [4.78, 5) is 10.4. The molecule has 0 aliphatic carbocycles. The van der Waals surface area contributed by atoms with Crippen molar-refractivity contribution in [3.05, 3.63) is 22.7 Å². The van der Waals surface area contributed by atoms with E-state index >= 15 is 0 Å². The molecule has 0 saturated heterocycles. The molecule has 0 aliphatic rings. The lowest BCUT2D eigenvalue weighted by atomic mass is 10.0. The van der Waals surface area contributed by atoms with Crippen molar-refractivity contribution in [2.75, 3.05) is 0 Å². The van der Waals surface area contributed by atoms with Gasteiger partial charge in [0.25, 0.3) is 0 Å². The quantitative estimate of drug-likeness (QED) is 0.138. The first-order chi connectivity index (χ1) is 13.7. The summed E-state index contributed by atoms with van der Waals surface area (Å²) in [7, 11) is 0. The number of carbonyl (C=O) groups is 1. The Morgan fingerprint density at radius 2 is 1.18 bits per heavy atom. The Balaban J connectivity index is 3.27. The van der Waals surface area contributed by atoms with Crippen molar-refractivity contribution in [1.82, 2.24) is 0 Å². The molecule has 0 aromatic carbocycles. The molecule has 0 aromatic rings. The second-order valence-corrected chi connectivity index (χ2v) is 9.00. The minimum Gasteiger partial charge on any atom is -0.481 e. The molecule has 0 amide bonds. The third-order valence-electron chi connectivity index (χ3n) is 5.15. The Kier molecular flexibility index (Phi) is 22.3. The van der Waals surface area contributed by atoms with E-state index in [4.69, 9.17) is 5.11 Å². The number of carboxylic acids is 1. The minimum absolute atomic E-state index is 0.260. The molecule has 0 atom stereocenters. The van der Waals surface area contributed by atoms with Gasteiger partial charge in [-0.15, -0.1) is 0 Å². The van der Waals surface area contributed by atoms with Crippen LogP contribution in [0.5, 0.6) is 0 Å². The molecule has 0 fully saturated rings. The predicted molar refractivity (Wildman–Crippen MR) is 127 cm³/mol. The number of allylic oxidation sites excluding steroid dienone is 4. The Labute approximate surface area is 183 Å². The van der Waals surface area contributed by atoms with E-state index in [0.717, 1.165) is 25.7 Å². The van der Waals surface area contributed by atoms with Crippen molar-refractivity contribution in [3.63, 3.8) is 0 Å². The Morgan fingerprint density at radius 1 is 0.679 bits per heavy atom. The normalized spacial score (nSPS) is 12.1. The Hall–Kier alpha value is -0.570. The van der Waals surface area contributed by atoms with E-state index < -0.39 is 5.97 Å². The van der Waals surface area contributed by atoms with Gasteiger partial charge in [-0.1, -0.05) is 118 Å². The number of hydrogen-bond acceptors (Lipinski definition) is 1. The molecule has 164 valence electrons.